The monoisotopic (exact) mass is 328 g/mol. The molecule has 0 heterocycles. The van der Waals surface area contributed by atoms with Gasteiger partial charge in [0.2, 0.25) is 5.91 Å². The number of amides is 1. The molecule has 4 N–H and O–H groups in total. The summed E-state index contributed by atoms with van der Waals surface area (Å²) < 4.78 is 5.97. The highest BCUT2D eigenvalue weighted by molar-refractivity contribution is 5.91. The van der Waals surface area contributed by atoms with Crippen LogP contribution in [-0.2, 0) is 21.4 Å². The highest BCUT2D eigenvalue weighted by Gasteiger charge is 2.32. The zero-order valence-corrected chi connectivity index (χ0v) is 15.1. The smallest absolute Gasteiger partial charge is 0.244 e. The second-order valence-electron chi connectivity index (χ2n) is 7.07. The van der Waals surface area contributed by atoms with Gasteiger partial charge in [0, 0.05) is 11.0 Å². The van der Waals surface area contributed by atoms with Crippen LogP contribution in [0, 0.1) is 6.92 Å². The van der Waals surface area contributed by atoms with Crippen molar-refractivity contribution in [2.45, 2.75) is 52.4 Å². The minimum absolute atomic E-state index is 0.0226. The van der Waals surface area contributed by atoms with E-state index in [9.17, 15) is 4.79 Å². The number of fused-ring (bicyclic) bond motifs is 1. The molecule has 1 amide bonds. The van der Waals surface area contributed by atoms with Crippen LogP contribution in [0.3, 0.4) is 0 Å². The molecule has 0 saturated heterocycles. The third-order valence-electron chi connectivity index (χ3n) is 4.86. The fraction of sp³-hybridized carbons (Fsp3) is 0.450. The van der Waals surface area contributed by atoms with E-state index in [1.807, 2.05) is 6.92 Å². The lowest BCUT2D eigenvalue weighted by Gasteiger charge is -2.36. The van der Waals surface area contributed by atoms with Crippen LogP contribution in [0.5, 0.6) is 0 Å². The van der Waals surface area contributed by atoms with Gasteiger partial charge in [-0.15, -0.1) is 0 Å². The van der Waals surface area contributed by atoms with E-state index in [0.717, 1.165) is 19.3 Å². The van der Waals surface area contributed by atoms with Crippen LogP contribution >= 0.6 is 0 Å². The van der Waals surface area contributed by atoms with Crippen LogP contribution in [0.15, 0.2) is 41.3 Å². The molecule has 1 aliphatic rings. The molecule has 0 fully saturated rings. The maximum absolute atomic E-state index is 11.1. The Morgan fingerprint density at radius 2 is 2.04 bits per heavy atom. The van der Waals surface area contributed by atoms with E-state index < -0.39 is 5.91 Å². The van der Waals surface area contributed by atoms with Crippen molar-refractivity contribution in [3.63, 3.8) is 0 Å². The minimum Gasteiger partial charge on any atom is -0.495 e. The summed E-state index contributed by atoms with van der Waals surface area (Å²) in [7, 11) is 0. The van der Waals surface area contributed by atoms with Gasteiger partial charge in [-0.25, -0.2) is 0 Å². The van der Waals surface area contributed by atoms with Gasteiger partial charge in [0.25, 0.3) is 0 Å². The van der Waals surface area contributed by atoms with E-state index in [0.29, 0.717) is 23.6 Å². The van der Waals surface area contributed by atoms with Gasteiger partial charge in [0.05, 0.1) is 12.3 Å². The summed E-state index contributed by atoms with van der Waals surface area (Å²) in [6, 6.07) is 6.67. The number of hydrogen-bond donors (Lipinski definition) is 2. The van der Waals surface area contributed by atoms with Crippen molar-refractivity contribution >= 4 is 5.91 Å². The van der Waals surface area contributed by atoms with Crippen molar-refractivity contribution in [1.29, 1.82) is 0 Å². The lowest BCUT2D eigenvalue weighted by atomic mass is 9.71. The fourth-order valence-corrected chi connectivity index (χ4v) is 3.23. The number of carbonyl (C=O) groups excluding carboxylic acids is 1. The lowest BCUT2D eigenvalue weighted by molar-refractivity contribution is -0.114. The second kappa shape index (κ2) is 7.12. The molecule has 2 rings (SSSR count). The molecule has 1 aromatic carbocycles. The first kappa shape index (κ1) is 18.1. The molecule has 1 aliphatic carbocycles. The number of carbonyl (C=O) groups is 1. The van der Waals surface area contributed by atoms with Gasteiger partial charge >= 0.3 is 0 Å². The van der Waals surface area contributed by atoms with Crippen molar-refractivity contribution in [2.75, 3.05) is 6.61 Å². The van der Waals surface area contributed by atoms with E-state index in [2.05, 4.69) is 32.0 Å². The zero-order chi connectivity index (χ0) is 17.9. The van der Waals surface area contributed by atoms with Gasteiger partial charge in [-0.2, -0.15) is 0 Å². The molecule has 0 aliphatic heterocycles. The Morgan fingerprint density at radius 1 is 1.33 bits per heavy atom. The molecule has 24 heavy (non-hydrogen) atoms. The average Bonchev–Trinajstić information content (AvgIpc) is 2.52. The summed E-state index contributed by atoms with van der Waals surface area (Å²) in [5.41, 5.74) is 16.2. The third kappa shape index (κ3) is 3.99. The number of primary amides is 1. The second-order valence-corrected chi connectivity index (χ2v) is 7.07. The Labute approximate surface area is 144 Å². The summed E-state index contributed by atoms with van der Waals surface area (Å²) in [5.74, 6) is 0.144. The van der Waals surface area contributed by atoms with Crippen LogP contribution < -0.4 is 11.5 Å². The Balaban J connectivity index is 2.17. The Morgan fingerprint density at radius 3 is 2.71 bits per heavy atom. The van der Waals surface area contributed by atoms with Crippen LogP contribution in [0.1, 0.15) is 50.3 Å². The largest absolute Gasteiger partial charge is 0.495 e. The number of hydrogen-bond acceptors (Lipinski definition) is 3. The van der Waals surface area contributed by atoms with Crippen molar-refractivity contribution in [1.82, 2.24) is 0 Å². The van der Waals surface area contributed by atoms with Crippen LogP contribution in [-0.4, -0.2) is 12.5 Å². The van der Waals surface area contributed by atoms with Crippen LogP contribution in [0.25, 0.3) is 0 Å². The average molecular weight is 328 g/mol. The van der Waals surface area contributed by atoms with Crippen LogP contribution in [0.2, 0.25) is 0 Å². The van der Waals surface area contributed by atoms with E-state index in [-0.39, 0.29) is 5.41 Å². The highest BCUT2D eigenvalue weighted by Crippen LogP contribution is 2.38. The van der Waals surface area contributed by atoms with Crippen LogP contribution in [0.4, 0.5) is 0 Å². The van der Waals surface area contributed by atoms with E-state index in [4.69, 9.17) is 16.2 Å². The Kier molecular flexibility index (Phi) is 5.37. The maximum atomic E-state index is 11.1. The van der Waals surface area contributed by atoms with Gasteiger partial charge < -0.3 is 16.2 Å². The minimum atomic E-state index is -0.478. The number of rotatable bonds is 5. The first-order valence-electron chi connectivity index (χ1n) is 8.40. The molecule has 0 saturated carbocycles. The number of aryl methyl sites for hydroxylation is 2. The molecular formula is C20H28N2O2. The van der Waals surface area contributed by atoms with Crippen molar-refractivity contribution < 1.29 is 9.53 Å². The first-order chi connectivity index (χ1) is 11.2. The van der Waals surface area contributed by atoms with Crippen molar-refractivity contribution in [3.8, 4) is 0 Å². The number of ether oxygens (including phenoxy) is 1. The highest BCUT2D eigenvalue weighted by atomic mass is 16.5. The standard InChI is InChI=1S/C20H28N2O2/c1-13-7-8-17-16(10-13)6-5-9-20(17,4)12-24-15(3)18(21)11-14(2)19(22)23/h7-8,10-11H,5-6,9,12,21H2,1-4H3,(H2,22,23)/b14-11+,18-15-/t20-/m1/s1. The summed E-state index contributed by atoms with van der Waals surface area (Å²) in [6.45, 7) is 8.41. The normalized spacial score (nSPS) is 21.8. The first-order valence-corrected chi connectivity index (χ1v) is 8.40. The molecular weight excluding hydrogens is 300 g/mol. The SMILES string of the molecule is C/C(OC[C@@]1(C)CCCc2cc(C)ccc21)=C(N)\C=C(/C)C(N)=O. The van der Waals surface area contributed by atoms with Gasteiger partial charge in [0.15, 0.2) is 0 Å². The number of nitrogens with two attached hydrogens (primary N) is 2. The fourth-order valence-electron chi connectivity index (χ4n) is 3.23. The Hall–Kier alpha value is -2.23. The molecule has 1 aromatic rings. The van der Waals surface area contributed by atoms with Gasteiger partial charge in [0.1, 0.15) is 5.76 Å². The topological polar surface area (TPSA) is 78.3 Å². The molecule has 130 valence electrons. The zero-order valence-electron chi connectivity index (χ0n) is 15.1. The van der Waals surface area contributed by atoms with E-state index in [1.165, 1.54) is 16.7 Å². The molecule has 0 unspecified atom stereocenters. The summed E-state index contributed by atoms with van der Waals surface area (Å²) in [6.07, 6.45) is 4.95. The van der Waals surface area contributed by atoms with Gasteiger partial charge in [-0.05, 0) is 57.2 Å². The molecule has 4 nitrogen and oxygen atoms in total. The molecule has 4 heteroatoms. The van der Waals surface area contributed by atoms with Gasteiger partial charge in [-0.1, -0.05) is 30.7 Å². The van der Waals surface area contributed by atoms with E-state index in [1.54, 1.807) is 13.0 Å². The molecule has 0 aromatic heterocycles. The summed E-state index contributed by atoms with van der Waals surface area (Å²) in [5, 5.41) is 0. The summed E-state index contributed by atoms with van der Waals surface area (Å²) in [4.78, 5) is 11.1. The molecule has 1 atom stereocenters. The summed E-state index contributed by atoms with van der Waals surface area (Å²) >= 11 is 0. The van der Waals surface area contributed by atoms with Gasteiger partial charge in [-0.3, -0.25) is 4.79 Å². The molecule has 0 spiro atoms. The van der Waals surface area contributed by atoms with Crippen molar-refractivity contribution in [3.05, 3.63) is 58.0 Å². The third-order valence-corrected chi connectivity index (χ3v) is 4.86. The molecule has 0 bridgehead atoms. The predicted molar refractivity (Wildman–Crippen MR) is 97.3 cm³/mol. The molecule has 0 radical (unpaired) electrons. The number of allylic oxidation sites excluding steroid dienone is 2. The predicted octanol–water partition coefficient (Wildman–Crippen LogP) is 3.23. The van der Waals surface area contributed by atoms with Crippen molar-refractivity contribution in [2.24, 2.45) is 11.5 Å². The van der Waals surface area contributed by atoms with E-state index >= 15 is 0 Å². The Bertz CT molecular complexity index is 704. The quantitative estimate of drug-likeness (QED) is 0.495. The lowest BCUT2D eigenvalue weighted by Crippen LogP contribution is -2.32. The maximum Gasteiger partial charge on any atom is 0.244 e. The number of benzene rings is 1.